The van der Waals surface area contributed by atoms with E-state index in [0.717, 1.165) is 25.8 Å². The average Bonchev–Trinajstić information content (AvgIpc) is 2.70. The predicted molar refractivity (Wildman–Crippen MR) is 62.2 cm³/mol. The molecule has 15 heavy (non-hydrogen) atoms. The first-order valence-electron chi connectivity index (χ1n) is 5.65. The van der Waals surface area contributed by atoms with E-state index in [0.29, 0.717) is 18.9 Å². The Morgan fingerprint density at radius 1 is 1.67 bits per heavy atom. The van der Waals surface area contributed by atoms with Crippen LogP contribution in [0, 0.1) is 18.3 Å². The smallest absolute Gasteiger partial charge is 0.223 e. The highest BCUT2D eigenvalue weighted by Gasteiger charge is 2.17. The Morgan fingerprint density at radius 3 is 3.00 bits per heavy atom. The van der Waals surface area contributed by atoms with Crippen LogP contribution in [0.15, 0.2) is 12.2 Å². The minimum absolute atomic E-state index is 0.200. The molecule has 0 aromatic carbocycles. The summed E-state index contributed by atoms with van der Waals surface area (Å²) >= 11 is 0. The molecule has 1 atom stereocenters. The van der Waals surface area contributed by atoms with Crippen LogP contribution in [0.25, 0.3) is 0 Å². The van der Waals surface area contributed by atoms with Gasteiger partial charge in [-0.15, -0.1) is 6.42 Å². The number of carbonyl (C=O) groups is 1. The van der Waals surface area contributed by atoms with Crippen molar-refractivity contribution in [1.29, 1.82) is 0 Å². The first-order chi connectivity index (χ1) is 7.27. The highest BCUT2D eigenvalue weighted by Crippen LogP contribution is 2.21. The fourth-order valence-electron chi connectivity index (χ4n) is 1.89. The van der Waals surface area contributed by atoms with Crippen molar-refractivity contribution in [2.75, 3.05) is 13.1 Å². The second-order valence-electron chi connectivity index (χ2n) is 3.99. The van der Waals surface area contributed by atoms with Crippen LogP contribution in [0.2, 0.25) is 0 Å². The number of rotatable bonds is 5. The molecule has 0 N–H and O–H groups in total. The molecule has 0 aromatic rings. The first-order valence-corrected chi connectivity index (χ1v) is 5.65. The molecule has 0 aromatic heterocycles. The highest BCUT2D eigenvalue weighted by molar-refractivity contribution is 5.77. The summed E-state index contributed by atoms with van der Waals surface area (Å²) in [6, 6.07) is 0. The molecule has 0 spiro atoms. The molecular formula is C13H19NO. The molecule has 1 rings (SSSR count). The maximum absolute atomic E-state index is 11.9. The molecule has 1 aliphatic carbocycles. The zero-order chi connectivity index (χ0) is 11.1. The van der Waals surface area contributed by atoms with Crippen LogP contribution >= 0.6 is 0 Å². The lowest BCUT2D eigenvalue weighted by molar-refractivity contribution is -0.131. The molecule has 1 unspecified atom stereocenters. The van der Waals surface area contributed by atoms with Gasteiger partial charge in [-0.25, -0.2) is 0 Å². The number of nitrogens with zero attached hydrogens (tertiary/aromatic N) is 1. The van der Waals surface area contributed by atoms with E-state index < -0.39 is 0 Å². The minimum Gasteiger partial charge on any atom is -0.332 e. The van der Waals surface area contributed by atoms with Crippen molar-refractivity contribution in [3.8, 4) is 12.3 Å². The molecular weight excluding hydrogens is 186 g/mol. The zero-order valence-corrected chi connectivity index (χ0v) is 9.41. The molecule has 0 aliphatic heterocycles. The second kappa shape index (κ2) is 6.29. The summed E-state index contributed by atoms with van der Waals surface area (Å²) in [5.74, 6) is 3.19. The van der Waals surface area contributed by atoms with E-state index >= 15 is 0 Å². The van der Waals surface area contributed by atoms with Gasteiger partial charge in [0.05, 0.1) is 6.54 Å². The minimum atomic E-state index is 0.200. The van der Waals surface area contributed by atoms with Crippen LogP contribution in [0.5, 0.6) is 0 Å². The molecule has 0 heterocycles. The van der Waals surface area contributed by atoms with Gasteiger partial charge in [0.15, 0.2) is 0 Å². The monoisotopic (exact) mass is 205 g/mol. The van der Waals surface area contributed by atoms with Crippen molar-refractivity contribution in [3.63, 3.8) is 0 Å². The summed E-state index contributed by atoms with van der Waals surface area (Å²) in [6.07, 6.45) is 13.4. The van der Waals surface area contributed by atoms with Gasteiger partial charge < -0.3 is 4.90 Å². The van der Waals surface area contributed by atoms with Gasteiger partial charge in [-0.3, -0.25) is 4.79 Å². The van der Waals surface area contributed by atoms with E-state index in [1.54, 1.807) is 4.90 Å². The number of hydrogen-bond acceptors (Lipinski definition) is 1. The molecule has 0 fully saturated rings. The quantitative estimate of drug-likeness (QED) is 0.498. The lowest BCUT2D eigenvalue weighted by atomic mass is 10.0. The van der Waals surface area contributed by atoms with Crippen LogP contribution in [0.4, 0.5) is 0 Å². The van der Waals surface area contributed by atoms with Crippen molar-refractivity contribution in [1.82, 2.24) is 4.90 Å². The van der Waals surface area contributed by atoms with E-state index in [9.17, 15) is 4.79 Å². The van der Waals surface area contributed by atoms with Gasteiger partial charge in [0.1, 0.15) is 0 Å². The largest absolute Gasteiger partial charge is 0.332 e. The normalized spacial score (nSPS) is 18.8. The number of carbonyl (C=O) groups excluding carboxylic acids is 1. The lowest BCUT2D eigenvalue weighted by Crippen LogP contribution is -2.33. The fourth-order valence-corrected chi connectivity index (χ4v) is 1.89. The molecule has 0 saturated carbocycles. The maximum Gasteiger partial charge on any atom is 0.223 e. The summed E-state index contributed by atoms with van der Waals surface area (Å²) in [7, 11) is 0. The summed E-state index contributed by atoms with van der Waals surface area (Å²) < 4.78 is 0. The third-order valence-corrected chi connectivity index (χ3v) is 2.68. The third-order valence-electron chi connectivity index (χ3n) is 2.68. The number of amides is 1. The van der Waals surface area contributed by atoms with E-state index in [1.807, 2.05) is 0 Å². The number of terminal acetylenes is 1. The van der Waals surface area contributed by atoms with Crippen molar-refractivity contribution < 1.29 is 4.79 Å². The Balaban J connectivity index is 2.41. The molecule has 2 heteroatoms. The van der Waals surface area contributed by atoms with Crippen molar-refractivity contribution in [2.45, 2.75) is 32.6 Å². The van der Waals surface area contributed by atoms with Gasteiger partial charge in [0.2, 0.25) is 5.91 Å². The van der Waals surface area contributed by atoms with Gasteiger partial charge in [0, 0.05) is 13.0 Å². The van der Waals surface area contributed by atoms with Crippen LogP contribution in [0.3, 0.4) is 0 Å². The lowest BCUT2D eigenvalue weighted by Gasteiger charge is -2.20. The zero-order valence-electron chi connectivity index (χ0n) is 9.41. The number of hydrogen-bond donors (Lipinski definition) is 0. The Labute approximate surface area is 92.3 Å². The maximum atomic E-state index is 11.9. The van der Waals surface area contributed by atoms with E-state index in [4.69, 9.17) is 6.42 Å². The van der Waals surface area contributed by atoms with Crippen LogP contribution in [0.1, 0.15) is 32.6 Å². The Kier molecular flexibility index (Phi) is 4.97. The molecule has 2 nitrogen and oxygen atoms in total. The molecule has 1 amide bonds. The van der Waals surface area contributed by atoms with E-state index in [2.05, 4.69) is 25.0 Å². The summed E-state index contributed by atoms with van der Waals surface area (Å²) in [5, 5.41) is 0. The van der Waals surface area contributed by atoms with Gasteiger partial charge in [-0.05, 0) is 25.2 Å². The van der Waals surface area contributed by atoms with Crippen LogP contribution < -0.4 is 0 Å². The van der Waals surface area contributed by atoms with E-state index in [1.165, 1.54) is 0 Å². The topological polar surface area (TPSA) is 20.3 Å². The molecule has 0 radical (unpaired) electrons. The van der Waals surface area contributed by atoms with Gasteiger partial charge in [0.25, 0.3) is 0 Å². The molecule has 0 saturated heterocycles. The Hall–Kier alpha value is -1.23. The van der Waals surface area contributed by atoms with Crippen molar-refractivity contribution in [2.24, 2.45) is 5.92 Å². The van der Waals surface area contributed by atoms with Crippen molar-refractivity contribution >= 4 is 5.91 Å². The fraction of sp³-hybridized carbons (Fsp3) is 0.615. The van der Waals surface area contributed by atoms with Crippen LogP contribution in [-0.2, 0) is 4.79 Å². The third kappa shape index (κ3) is 3.79. The highest BCUT2D eigenvalue weighted by atomic mass is 16.2. The molecule has 1 aliphatic rings. The standard InChI is InChI=1S/C13H19NO/c1-3-9-14(10-4-2)13(15)11-12-7-5-6-8-12/h1,5,7,12H,4,6,8-11H2,2H3. The molecule has 82 valence electrons. The SMILES string of the molecule is C#CCN(CCC)C(=O)CC1C=CCC1. The Morgan fingerprint density at radius 2 is 2.47 bits per heavy atom. The summed E-state index contributed by atoms with van der Waals surface area (Å²) in [5.41, 5.74) is 0. The number of allylic oxidation sites excluding steroid dienone is 2. The van der Waals surface area contributed by atoms with Crippen molar-refractivity contribution in [3.05, 3.63) is 12.2 Å². The summed E-state index contributed by atoms with van der Waals surface area (Å²) in [6.45, 7) is 3.29. The summed E-state index contributed by atoms with van der Waals surface area (Å²) in [4.78, 5) is 13.7. The van der Waals surface area contributed by atoms with Gasteiger partial charge >= 0.3 is 0 Å². The second-order valence-corrected chi connectivity index (χ2v) is 3.99. The Bertz CT molecular complexity index is 275. The van der Waals surface area contributed by atoms with E-state index in [-0.39, 0.29) is 5.91 Å². The first kappa shape index (κ1) is 11.8. The average molecular weight is 205 g/mol. The van der Waals surface area contributed by atoms with Crippen LogP contribution in [-0.4, -0.2) is 23.9 Å². The predicted octanol–water partition coefficient (Wildman–Crippen LogP) is 2.21. The van der Waals surface area contributed by atoms with Gasteiger partial charge in [-0.2, -0.15) is 0 Å². The van der Waals surface area contributed by atoms with Gasteiger partial charge in [-0.1, -0.05) is 25.0 Å². The molecule has 0 bridgehead atoms.